The summed E-state index contributed by atoms with van der Waals surface area (Å²) in [6, 6.07) is 21.3. The number of aliphatic hydroxyl groups is 1. The van der Waals surface area contributed by atoms with E-state index in [0.717, 1.165) is 16.7 Å². The van der Waals surface area contributed by atoms with Gasteiger partial charge in [-0.1, -0.05) is 48.5 Å². The van der Waals surface area contributed by atoms with E-state index >= 15 is 0 Å². The van der Waals surface area contributed by atoms with Crippen molar-refractivity contribution in [2.24, 2.45) is 0 Å². The maximum absolute atomic E-state index is 13.3. The molecule has 1 atom stereocenters. The summed E-state index contributed by atoms with van der Waals surface area (Å²) in [4.78, 5) is 28.1. The number of hydrogen-bond donors (Lipinski definition) is 1. The van der Waals surface area contributed by atoms with Gasteiger partial charge in [0.15, 0.2) is 0 Å². The largest absolute Gasteiger partial charge is 0.507 e. The first-order chi connectivity index (χ1) is 15.8. The molecule has 1 saturated heterocycles. The van der Waals surface area contributed by atoms with Crippen LogP contribution in [0.3, 0.4) is 0 Å². The zero-order valence-electron chi connectivity index (χ0n) is 19.2. The van der Waals surface area contributed by atoms with Crippen molar-refractivity contribution >= 4 is 23.1 Å². The highest BCUT2D eigenvalue weighted by atomic mass is 16.5. The monoisotopic (exact) mass is 441 g/mol. The number of ketones is 1. The zero-order chi connectivity index (χ0) is 23.7. The minimum Gasteiger partial charge on any atom is -0.507 e. The Labute approximate surface area is 193 Å². The highest BCUT2D eigenvalue weighted by molar-refractivity contribution is 6.51. The van der Waals surface area contributed by atoms with Crippen molar-refractivity contribution in [1.29, 1.82) is 0 Å². The van der Waals surface area contributed by atoms with Crippen LogP contribution in [-0.4, -0.2) is 22.9 Å². The predicted octanol–water partition coefficient (Wildman–Crippen LogP) is 5.72. The van der Waals surface area contributed by atoms with Crippen molar-refractivity contribution in [3.63, 3.8) is 0 Å². The molecular weight excluding hydrogens is 414 g/mol. The lowest BCUT2D eigenvalue weighted by atomic mass is 9.92. The number of nitrogens with zero attached hydrogens (tertiary/aromatic N) is 1. The van der Waals surface area contributed by atoms with Crippen molar-refractivity contribution in [3.8, 4) is 5.75 Å². The third kappa shape index (κ3) is 4.27. The average Bonchev–Trinajstić information content (AvgIpc) is 3.04. The Hall–Kier alpha value is -3.86. The topological polar surface area (TPSA) is 66.8 Å². The highest BCUT2D eigenvalue weighted by Gasteiger charge is 2.47. The van der Waals surface area contributed by atoms with Gasteiger partial charge >= 0.3 is 0 Å². The summed E-state index contributed by atoms with van der Waals surface area (Å²) in [5.74, 6) is -1.01. The first kappa shape index (κ1) is 22.3. The molecule has 33 heavy (non-hydrogen) atoms. The molecule has 0 spiro atoms. The molecule has 168 valence electrons. The first-order valence-corrected chi connectivity index (χ1v) is 11.0. The van der Waals surface area contributed by atoms with Gasteiger partial charge in [0.05, 0.1) is 17.7 Å². The lowest BCUT2D eigenvalue weighted by Gasteiger charge is -2.27. The fourth-order valence-corrected chi connectivity index (χ4v) is 4.21. The van der Waals surface area contributed by atoms with Crippen LogP contribution in [0.4, 0.5) is 5.69 Å². The molecule has 1 heterocycles. The molecule has 0 bridgehead atoms. The van der Waals surface area contributed by atoms with Crippen LogP contribution in [0.25, 0.3) is 5.76 Å². The number of carbonyl (C=O) groups is 2. The Morgan fingerprint density at radius 1 is 0.939 bits per heavy atom. The van der Waals surface area contributed by atoms with Crippen LogP contribution in [0.2, 0.25) is 0 Å². The summed E-state index contributed by atoms with van der Waals surface area (Å²) in [6.45, 7) is 7.70. The van der Waals surface area contributed by atoms with Gasteiger partial charge in [0.25, 0.3) is 11.7 Å². The molecule has 0 aromatic heterocycles. The molecule has 0 radical (unpaired) electrons. The van der Waals surface area contributed by atoms with Gasteiger partial charge in [-0.2, -0.15) is 0 Å². The molecule has 3 aromatic carbocycles. The molecule has 1 amide bonds. The van der Waals surface area contributed by atoms with Crippen LogP contribution in [0, 0.1) is 13.8 Å². The van der Waals surface area contributed by atoms with E-state index in [9.17, 15) is 14.7 Å². The molecule has 1 aliphatic heterocycles. The summed E-state index contributed by atoms with van der Waals surface area (Å²) < 4.78 is 5.75. The number of benzene rings is 3. The van der Waals surface area contributed by atoms with Gasteiger partial charge in [-0.05, 0) is 68.7 Å². The molecule has 1 aliphatic rings. The number of amides is 1. The smallest absolute Gasteiger partial charge is 0.300 e. The number of aryl methyl sites for hydroxylation is 2. The van der Waals surface area contributed by atoms with Gasteiger partial charge in [0.2, 0.25) is 0 Å². The minimum absolute atomic E-state index is 0.0405. The van der Waals surface area contributed by atoms with Gasteiger partial charge in [-0.15, -0.1) is 0 Å². The van der Waals surface area contributed by atoms with Crippen molar-refractivity contribution in [1.82, 2.24) is 0 Å². The molecule has 1 fully saturated rings. The van der Waals surface area contributed by atoms with E-state index in [1.54, 1.807) is 30.3 Å². The quantitative estimate of drug-likeness (QED) is 0.313. The van der Waals surface area contributed by atoms with Gasteiger partial charge in [0.1, 0.15) is 11.5 Å². The van der Waals surface area contributed by atoms with Crippen LogP contribution < -0.4 is 9.64 Å². The molecule has 5 nitrogen and oxygen atoms in total. The Morgan fingerprint density at radius 2 is 1.67 bits per heavy atom. The molecule has 5 heteroatoms. The van der Waals surface area contributed by atoms with Gasteiger partial charge < -0.3 is 9.84 Å². The average molecular weight is 442 g/mol. The highest BCUT2D eigenvalue weighted by Crippen LogP contribution is 2.43. The second-order valence-corrected chi connectivity index (χ2v) is 8.56. The van der Waals surface area contributed by atoms with Crippen LogP contribution in [-0.2, 0) is 9.59 Å². The van der Waals surface area contributed by atoms with E-state index in [1.807, 2.05) is 70.2 Å². The fourth-order valence-electron chi connectivity index (χ4n) is 4.21. The third-order valence-corrected chi connectivity index (χ3v) is 5.69. The van der Waals surface area contributed by atoms with E-state index in [1.165, 1.54) is 4.90 Å². The van der Waals surface area contributed by atoms with Gasteiger partial charge in [-0.25, -0.2) is 0 Å². The number of carbonyl (C=O) groups excluding carboxylic acids is 2. The second-order valence-electron chi connectivity index (χ2n) is 8.56. The zero-order valence-corrected chi connectivity index (χ0v) is 19.2. The molecule has 0 saturated carbocycles. The molecular formula is C28H27NO4. The number of hydrogen-bond acceptors (Lipinski definition) is 4. The lowest BCUT2D eigenvalue weighted by Crippen LogP contribution is -2.29. The third-order valence-electron chi connectivity index (χ3n) is 5.69. The Kier molecular flexibility index (Phi) is 6.05. The normalized spacial score (nSPS) is 17.6. The first-order valence-electron chi connectivity index (χ1n) is 11.0. The summed E-state index contributed by atoms with van der Waals surface area (Å²) in [5, 5.41) is 11.3. The maximum Gasteiger partial charge on any atom is 0.300 e. The Morgan fingerprint density at radius 3 is 2.36 bits per heavy atom. The van der Waals surface area contributed by atoms with Crippen LogP contribution in [0.5, 0.6) is 5.75 Å². The molecule has 4 rings (SSSR count). The predicted molar refractivity (Wildman–Crippen MR) is 129 cm³/mol. The summed E-state index contributed by atoms with van der Waals surface area (Å²) in [5.41, 5.74) is 3.78. The molecule has 1 N–H and O–H groups in total. The summed E-state index contributed by atoms with van der Waals surface area (Å²) >= 11 is 0. The Balaban J connectivity index is 1.93. The summed E-state index contributed by atoms with van der Waals surface area (Å²) in [6.07, 6.45) is -0.0405. The number of anilines is 1. The lowest BCUT2D eigenvalue weighted by molar-refractivity contribution is -0.132. The number of Topliss-reactive ketones (excluding diaryl/α,β-unsaturated/α-hetero) is 1. The van der Waals surface area contributed by atoms with E-state index in [-0.39, 0.29) is 17.4 Å². The van der Waals surface area contributed by atoms with Crippen molar-refractivity contribution < 1.29 is 19.4 Å². The molecule has 0 aliphatic carbocycles. The fraction of sp³-hybridized carbons (Fsp3) is 0.214. The Bertz CT molecular complexity index is 1260. The SMILES string of the molecule is Cc1cccc(N2C(=O)C(=O)/C(=C(/O)c3cccc(OC(C)C)c3)C2c2ccccc2C)c1. The van der Waals surface area contributed by atoms with Crippen LogP contribution in [0.1, 0.15) is 42.1 Å². The molecule has 1 unspecified atom stereocenters. The minimum atomic E-state index is -0.748. The van der Waals surface area contributed by atoms with Crippen molar-refractivity contribution in [3.05, 3.63) is 101 Å². The van der Waals surface area contributed by atoms with Gasteiger partial charge in [-0.3, -0.25) is 14.5 Å². The molecule has 3 aromatic rings. The van der Waals surface area contributed by atoms with Gasteiger partial charge in [0, 0.05) is 11.3 Å². The standard InChI is InChI=1S/C28H27NO4/c1-17(2)33-22-13-8-11-20(16-22)26(30)24-25(23-14-6-5-10-19(23)4)29(28(32)27(24)31)21-12-7-9-18(3)15-21/h5-17,25,30H,1-4H3/b26-24+. The number of rotatable bonds is 5. The van der Waals surface area contributed by atoms with E-state index < -0.39 is 17.7 Å². The van der Waals surface area contributed by atoms with Crippen LogP contribution in [0.15, 0.2) is 78.4 Å². The number of aliphatic hydroxyl groups excluding tert-OH is 1. The van der Waals surface area contributed by atoms with E-state index in [2.05, 4.69) is 0 Å². The summed E-state index contributed by atoms with van der Waals surface area (Å²) in [7, 11) is 0. The maximum atomic E-state index is 13.3. The van der Waals surface area contributed by atoms with E-state index in [4.69, 9.17) is 4.74 Å². The second kappa shape index (κ2) is 8.94. The van der Waals surface area contributed by atoms with E-state index in [0.29, 0.717) is 17.0 Å². The van der Waals surface area contributed by atoms with Crippen LogP contribution >= 0.6 is 0 Å². The van der Waals surface area contributed by atoms with Crippen molar-refractivity contribution in [2.75, 3.05) is 4.90 Å². The van der Waals surface area contributed by atoms with Crippen molar-refractivity contribution in [2.45, 2.75) is 39.8 Å². The number of ether oxygens (including phenoxy) is 1.